The SMILES string of the molecule is O=C(COCCc1ccccc1)N1C[C@H](O)C[C@H]1c1ccc(F)cc1. The van der Waals surface area contributed by atoms with Crippen molar-refractivity contribution in [1.82, 2.24) is 4.90 Å². The molecule has 1 saturated heterocycles. The molecule has 25 heavy (non-hydrogen) atoms. The van der Waals surface area contributed by atoms with E-state index in [9.17, 15) is 14.3 Å². The fourth-order valence-electron chi connectivity index (χ4n) is 3.17. The lowest BCUT2D eigenvalue weighted by Crippen LogP contribution is -2.34. The fraction of sp³-hybridized carbons (Fsp3) is 0.350. The van der Waals surface area contributed by atoms with Gasteiger partial charge in [0, 0.05) is 6.54 Å². The second kappa shape index (κ2) is 8.23. The first-order chi connectivity index (χ1) is 12.1. The molecule has 0 aliphatic carbocycles. The number of ether oxygens (including phenoxy) is 1. The fourth-order valence-corrected chi connectivity index (χ4v) is 3.17. The Kier molecular flexibility index (Phi) is 5.79. The third-order valence-electron chi connectivity index (χ3n) is 4.46. The molecule has 3 rings (SSSR count). The van der Waals surface area contributed by atoms with E-state index in [0.29, 0.717) is 13.0 Å². The molecule has 1 aliphatic rings. The maximum atomic E-state index is 13.1. The summed E-state index contributed by atoms with van der Waals surface area (Å²) in [5, 5.41) is 9.95. The van der Waals surface area contributed by atoms with Gasteiger partial charge in [-0.2, -0.15) is 0 Å². The predicted octanol–water partition coefficient (Wildman–Crippen LogP) is 2.72. The molecule has 2 aromatic rings. The number of carbonyl (C=O) groups excluding carboxylic acids is 1. The van der Waals surface area contributed by atoms with E-state index in [1.807, 2.05) is 30.3 Å². The van der Waals surface area contributed by atoms with Crippen molar-refractivity contribution in [3.8, 4) is 0 Å². The van der Waals surface area contributed by atoms with Gasteiger partial charge in [-0.15, -0.1) is 0 Å². The first-order valence-corrected chi connectivity index (χ1v) is 8.48. The minimum absolute atomic E-state index is 0.0166. The number of amides is 1. The van der Waals surface area contributed by atoms with Crippen LogP contribution < -0.4 is 0 Å². The molecule has 0 spiro atoms. The van der Waals surface area contributed by atoms with E-state index in [2.05, 4.69) is 0 Å². The van der Waals surface area contributed by atoms with Crippen molar-refractivity contribution >= 4 is 5.91 Å². The number of hydrogen-bond donors (Lipinski definition) is 1. The number of β-amino-alcohol motifs (C(OH)–C–C–N with tert-alkyl or cyclic N) is 1. The Labute approximate surface area is 146 Å². The molecule has 2 aromatic carbocycles. The Morgan fingerprint density at radius 3 is 2.60 bits per heavy atom. The van der Waals surface area contributed by atoms with Crippen molar-refractivity contribution in [2.45, 2.75) is 25.0 Å². The Balaban J connectivity index is 1.53. The van der Waals surface area contributed by atoms with E-state index in [0.717, 1.165) is 17.5 Å². The predicted molar refractivity (Wildman–Crippen MR) is 92.4 cm³/mol. The molecule has 1 fully saturated rings. The molecule has 1 heterocycles. The Morgan fingerprint density at radius 2 is 1.88 bits per heavy atom. The zero-order valence-electron chi connectivity index (χ0n) is 14.0. The van der Waals surface area contributed by atoms with Gasteiger partial charge >= 0.3 is 0 Å². The number of likely N-dealkylation sites (tertiary alicyclic amines) is 1. The zero-order chi connectivity index (χ0) is 17.6. The molecule has 4 nitrogen and oxygen atoms in total. The van der Waals surface area contributed by atoms with Gasteiger partial charge in [0.15, 0.2) is 0 Å². The van der Waals surface area contributed by atoms with E-state index in [4.69, 9.17) is 4.74 Å². The summed E-state index contributed by atoms with van der Waals surface area (Å²) in [5.74, 6) is -0.469. The second-order valence-corrected chi connectivity index (χ2v) is 6.29. The van der Waals surface area contributed by atoms with E-state index in [-0.39, 0.29) is 30.9 Å². The highest BCUT2D eigenvalue weighted by atomic mass is 19.1. The van der Waals surface area contributed by atoms with Crippen molar-refractivity contribution in [1.29, 1.82) is 0 Å². The summed E-state index contributed by atoms with van der Waals surface area (Å²) in [4.78, 5) is 14.1. The number of halogens is 1. The lowest BCUT2D eigenvalue weighted by molar-refractivity contribution is -0.137. The van der Waals surface area contributed by atoms with Crippen LogP contribution >= 0.6 is 0 Å². The zero-order valence-corrected chi connectivity index (χ0v) is 14.0. The number of aliphatic hydroxyl groups is 1. The van der Waals surface area contributed by atoms with Crippen LogP contribution in [0, 0.1) is 5.82 Å². The quantitative estimate of drug-likeness (QED) is 0.821. The smallest absolute Gasteiger partial charge is 0.249 e. The van der Waals surface area contributed by atoms with Crippen molar-refractivity contribution in [2.75, 3.05) is 19.8 Å². The van der Waals surface area contributed by atoms with Gasteiger partial charge in [0.05, 0.1) is 18.8 Å². The molecule has 132 valence electrons. The van der Waals surface area contributed by atoms with Crippen LogP contribution in [-0.4, -0.2) is 41.8 Å². The van der Waals surface area contributed by atoms with Crippen molar-refractivity contribution in [3.05, 3.63) is 71.5 Å². The van der Waals surface area contributed by atoms with Crippen LogP contribution in [0.25, 0.3) is 0 Å². The highest BCUT2D eigenvalue weighted by Gasteiger charge is 2.35. The average Bonchev–Trinajstić information content (AvgIpc) is 3.02. The molecule has 0 aromatic heterocycles. The van der Waals surface area contributed by atoms with Gasteiger partial charge < -0.3 is 14.7 Å². The molecule has 1 amide bonds. The van der Waals surface area contributed by atoms with Crippen molar-refractivity contribution in [2.24, 2.45) is 0 Å². The number of nitrogens with zero attached hydrogens (tertiary/aromatic N) is 1. The van der Waals surface area contributed by atoms with Gasteiger partial charge in [0.1, 0.15) is 12.4 Å². The highest BCUT2D eigenvalue weighted by Crippen LogP contribution is 2.32. The Bertz CT molecular complexity index is 690. The van der Waals surface area contributed by atoms with Gasteiger partial charge in [0.2, 0.25) is 5.91 Å². The summed E-state index contributed by atoms with van der Waals surface area (Å²) >= 11 is 0. The van der Waals surface area contributed by atoms with E-state index in [1.165, 1.54) is 12.1 Å². The molecule has 0 radical (unpaired) electrons. The van der Waals surface area contributed by atoms with Crippen molar-refractivity contribution < 1.29 is 19.0 Å². The minimum atomic E-state index is -0.566. The molecule has 1 aliphatic heterocycles. The monoisotopic (exact) mass is 343 g/mol. The molecule has 5 heteroatoms. The van der Waals surface area contributed by atoms with E-state index in [1.54, 1.807) is 17.0 Å². The van der Waals surface area contributed by atoms with Crippen molar-refractivity contribution in [3.63, 3.8) is 0 Å². The molecule has 1 N–H and O–H groups in total. The Morgan fingerprint density at radius 1 is 1.16 bits per heavy atom. The largest absolute Gasteiger partial charge is 0.391 e. The molecular formula is C20H22FNO3. The summed E-state index contributed by atoms with van der Waals surface area (Å²) in [6, 6.07) is 15.8. The molecular weight excluding hydrogens is 321 g/mol. The summed E-state index contributed by atoms with van der Waals surface area (Å²) in [6.45, 7) is 0.730. The normalized spacial score (nSPS) is 20.0. The van der Waals surface area contributed by atoms with Crippen LogP contribution in [0.1, 0.15) is 23.6 Å². The van der Waals surface area contributed by atoms with Crippen LogP contribution in [0.5, 0.6) is 0 Å². The number of rotatable bonds is 6. The summed E-state index contributed by atoms with van der Waals surface area (Å²) in [6.07, 6.45) is 0.641. The molecule has 0 bridgehead atoms. The molecule has 0 unspecified atom stereocenters. The third-order valence-corrected chi connectivity index (χ3v) is 4.46. The van der Waals surface area contributed by atoms with Gasteiger partial charge in [-0.1, -0.05) is 42.5 Å². The molecule has 0 saturated carbocycles. The van der Waals surface area contributed by atoms with Gasteiger partial charge in [-0.05, 0) is 36.1 Å². The first-order valence-electron chi connectivity index (χ1n) is 8.48. The van der Waals surface area contributed by atoms with Crippen LogP contribution in [0.3, 0.4) is 0 Å². The Hall–Kier alpha value is -2.24. The van der Waals surface area contributed by atoms with E-state index < -0.39 is 6.10 Å². The highest BCUT2D eigenvalue weighted by molar-refractivity contribution is 5.78. The summed E-state index contributed by atoms with van der Waals surface area (Å²) < 4.78 is 18.6. The van der Waals surface area contributed by atoms with Gasteiger partial charge in [0.25, 0.3) is 0 Å². The van der Waals surface area contributed by atoms with Crippen LogP contribution in [0.15, 0.2) is 54.6 Å². The maximum Gasteiger partial charge on any atom is 0.249 e. The third kappa shape index (κ3) is 4.65. The summed E-state index contributed by atoms with van der Waals surface area (Å²) in [7, 11) is 0. The topological polar surface area (TPSA) is 49.8 Å². The van der Waals surface area contributed by atoms with Gasteiger partial charge in [-0.25, -0.2) is 4.39 Å². The summed E-state index contributed by atoms with van der Waals surface area (Å²) in [5.41, 5.74) is 1.99. The lowest BCUT2D eigenvalue weighted by atomic mass is 10.0. The number of aliphatic hydroxyl groups excluding tert-OH is 1. The maximum absolute atomic E-state index is 13.1. The van der Waals surface area contributed by atoms with Crippen LogP contribution in [0.4, 0.5) is 4.39 Å². The van der Waals surface area contributed by atoms with E-state index >= 15 is 0 Å². The van der Waals surface area contributed by atoms with Gasteiger partial charge in [-0.3, -0.25) is 4.79 Å². The lowest BCUT2D eigenvalue weighted by Gasteiger charge is -2.24. The number of benzene rings is 2. The molecule has 2 atom stereocenters. The first kappa shape index (κ1) is 17.6. The van der Waals surface area contributed by atoms with Crippen LogP contribution in [0.2, 0.25) is 0 Å². The van der Waals surface area contributed by atoms with Crippen LogP contribution in [-0.2, 0) is 16.0 Å². The second-order valence-electron chi connectivity index (χ2n) is 6.29. The number of hydrogen-bond acceptors (Lipinski definition) is 3. The average molecular weight is 343 g/mol. The standard InChI is InChI=1S/C20H22FNO3/c21-17-8-6-16(7-9-17)19-12-18(23)13-22(19)20(24)14-25-11-10-15-4-2-1-3-5-15/h1-9,18-19,23H,10-14H2/t18-,19+/m1/s1. The minimum Gasteiger partial charge on any atom is -0.391 e. The number of carbonyl (C=O) groups is 1.